The molecule has 1 N–H and O–H groups in total. The second-order valence-corrected chi connectivity index (χ2v) is 6.33. The summed E-state index contributed by atoms with van der Waals surface area (Å²) in [7, 11) is 0. The third kappa shape index (κ3) is 3.39. The Hall–Kier alpha value is -1.10. The van der Waals surface area contributed by atoms with E-state index in [4.69, 9.17) is 16.7 Å². The van der Waals surface area contributed by atoms with Crippen LogP contribution in [-0.4, -0.2) is 60.1 Å². The number of piperazine rings is 1. The maximum Gasteiger partial charge on any atom is 0.226 e. The number of β-amino-alcohol motifs (C(OH)–C–C–N with tert-alkyl or cyclic N) is 1. The molecule has 0 bridgehead atoms. The number of hydrogen-bond acceptors (Lipinski definition) is 3. The number of amides is 1. The van der Waals surface area contributed by atoms with Gasteiger partial charge < -0.3 is 10.0 Å². The quantitative estimate of drug-likeness (QED) is 0.918. The van der Waals surface area contributed by atoms with E-state index in [0.29, 0.717) is 12.5 Å². The molecule has 0 aromatic heterocycles. The number of rotatable bonds is 4. The van der Waals surface area contributed by atoms with Crippen molar-refractivity contribution in [2.45, 2.75) is 12.3 Å². The monoisotopic (exact) mass is 308 g/mol. The van der Waals surface area contributed by atoms with E-state index in [1.807, 2.05) is 23.1 Å². The highest BCUT2D eigenvalue weighted by Crippen LogP contribution is 2.48. The number of carbonyl (C=O) groups is 1. The molecule has 1 aromatic carbocycles. The number of aliphatic hydroxyl groups is 1. The number of aliphatic hydroxyl groups excluding tert-OH is 1. The van der Waals surface area contributed by atoms with Crippen LogP contribution in [0, 0.1) is 5.92 Å². The molecule has 3 rings (SSSR count). The van der Waals surface area contributed by atoms with E-state index in [1.54, 1.807) is 0 Å². The summed E-state index contributed by atoms with van der Waals surface area (Å²) in [6, 6.07) is 7.84. The Kier molecular flexibility index (Phi) is 4.48. The van der Waals surface area contributed by atoms with Crippen molar-refractivity contribution in [2.24, 2.45) is 5.92 Å². The molecular formula is C16H21ClN2O2. The van der Waals surface area contributed by atoms with Crippen LogP contribution >= 0.6 is 11.6 Å². The summed E-state index contributed by atoms with van der Waals surface area (Å²) in [5.74, 6) is 0.753. The van der Waals surface area contributed by atoms with Gasteiger partial charge in [-0.25, -0.2) is 0 Å². The largest absolute Gasteiger partial charge is 0.395 e. The fraction of sp³-hybridized carbons (Fsp3) is 0.562. The first-order valence-electron chi connectivity index (χ1n) is 7.56. The Balaban J connectivity index is 1.54. The zero-order valence-corrected chi connectivity index (χ0v) is 12.8. The van der Waals surface area contributed by atoms with E-state index in [9.17, 15) is 4.79 Å². The summed E-state index contributed by atoms with van der Waals surface area (Å²) in [6.07, 6.45) is 0.941. The highest BCUT2D eigenvalue weighted by Gasteiger charge is 2.46. The van der Waals surface area contributed by atoms with Gasteiger partial charge in [-0.3, -0.25) is 9.69 Å². The Morgan fingerprint density at radius 1 is 1.29 bits per heavy atom. The average molecular weight is 309 g/mol. The van der Waals surface area contributed by atoms with E-state index in [1.165, 1.54) is 5.56 Å². The second-order valence-electron chi connectivity index (χ2n) is 5.89. The lowest BCUT2D eigenvalue weighted by Crippen LogP contribution is -2.49. The van der Waals surface area contributed by atoms with Crippen LogP contribution in [0.15, 0.2) is 24.3 Å². The van der Waals surface area contributed by atoms with Gasteiger partial charge in [0.2, 0.25) is 5.91 Å². The Morgan fingerprint density at radius 2 is 2.05 bits per heavy atom. The number of carbonyl (C=O) groups excluding carboxylic acids is 1. The summed E-state index contributed by atoms with van der Waals surface area (Å²) in [5.41, 5.74) is 1.18. The second kappa shape index (κ2) is 6.34. The van der Waals surface area contributed by atoms with Crippen LogP contribution in [0.1, 0.15) is 17.9 Å². The Morgan fingerprint density at radius 3 is 2.71 bits per heavy atom. The number of hydrogen-bond donors (Lipinski definition) is 1. The molecule has 114 valence electrons. The first-order valence-corrected chi connectivity index (χ1v) is 7.94. The van der Waals surface area contributed by atoms with Gasteiger partial charge in [-0.1, -0.05) is 23.7 Å². The SMILES string of the molecule is O=C([C@H]1C[C@H]1c1cccc(Cl)c1)N1CCN(CCO)CC1. The first-order chi connectivity index (χ1) is 10.2. The molecular weight excluding hydrogens is 288 g/mol. The molecule has 0 spiro atoms. The molecule has 1 aliphatic heterocycles. The molecule has 1 saturated carbocycles. The predicted octanol–water partition coefficient (Wildman–Crippen LogP) is 1.58. The lowest BCUT2D eigenvalue weighted by atomic mass is 10.1. The van der Waals surface area contributed by atoms with Crippen LogP contribution in [0.25, 0.3) is 0 Å². The minimum atomic E-state index is 0.132. The van der Waals surface area contributed by atoms with Crippen molar-refractivity contribution in [3.63, 3.8) is 0 Å². The van der Waals surface area contributed by atoms with Crippen LogP contribution in [-0.2, 0) is 4.79 Å². The fourth-order valence-corrected chi connectivity index (χ4v) is 3.34. The third-order valence-electron chi connectivity index (χ3n) is 4.48. The zero-order valence-electron chi connectivity index (χ0n) is 12.0. The van der Waals surface area contributed by atoms with Crippen LogP contribution in [0.4, 0.5) is 0 Å². The molecule has 2 fully saturated rings. The summed E-state index contributed by atoms with van der Waals surface area (Å²) < 4.78 is 0. The van der Waals surface area contributed by atoms with E-state index in [0.717, 1.165) is 37.6 Å². The molecule has 4 nitrogen and oxygen atoms in total. The predicted molar refractivity (Wildman–Crippen MR) is 82.4 cm³/mol. The van der Waals surface area contributed by atoms with Gasteiger partial charge in [0.15, 0.2) is 0 Å². The fourth-order valence-electron chi connectivity index (χ4n) is 3.14. The van der Waals surface area contributed by atoms with Crippen molar-refractivity contribution in [2.75, 3.05) is 39.3 Å². The highest BCUT2D eigenvalue weighted by molar-refractivity contribution is 6.30. The summed E-state index contributed by atoms with van der Waals surface area (Å²) in [6.45, 7) is 4.17. The van der Waals surface area contributed by atoms with Crippen LogP contribution < -0.4 is 0 Å². The van der Waals surface area contributed by atoms with Gasteiger partial charge in [-0.2, -0.15) is 0 Å². The van der Waals surface area contributed by atoms with Gasteiger partial charge in [0.05, 0.1) is 6.61 Å². The van der Waals surface area contributed by atoms with Crippen molar-refractivity contribution in [1.82, 2.24) is 9.80 Å². The van der Waals surface area contributed by atoms with E-state index in [-0.39, 0.29) is 18.4 Å². The van der Waals surface area contributed by atoms with Gasteiger partial charge in [0.1, 0.15) is 0 Å². The van der Waals surface area contributed by atoms with Gasteiger partial charge >= 0.3 is 0 Å². The van der Waals surface area contributed by atoms with E-state index >= 15 is 0 Å². The summed E-state index contributed by atoms with van der Waals surface area (Å²) >= 11 is 6.02. The smallest absolute Gasteiger partial charge is 0.226 e. The maximum absolute atomic E-state index is 12.5. The van der Waals surface area contributed by atoms with Crippen molar-refractivity contribution >= 4 is 17.5 Å². The lowest BCUT2D eigenvalue weighted by molar-refractivity contribution is -0.134. The molecule has 0 radical (unpaired) electrons. The van der Waals surface area contributed by atoms with Crippen molar-refractivity contribution in [1.29, 1.82) is 0 Å². The van der Waals surface area contributed by atoms with Crippen LogP contribution in [0.2, 0.25) is 5.02 Å². The number of halogens is 1. The average Bonchev–Trinajstić information content (AvgIpc) is 3.28. The van der Waals surface area contributed by atoms with Gasteiger partial charge in [0.25, 0.3) is 0 Å². The van der Waals surface area contributed by atoms with Crippen molar-refractivity contribution < 1.29 is 9.90 Å². The maximum atomic E-state index is 12.5. The van der Waals surface area contributed by atoms with Gasteiger partial charge in [-0.05, 0) is 30.0 Å². The van der Waals surface area contributed by atoms with Gasteiger partial charge in [0, 0.05) is 43.7 Å². The third-order valence-corrected chi connectivity index (χ3v) is 4.72. The normalized spacial score (nSPS) is 25.9. The Bertz CT molecular complexity index is 515. The number of benzene rings is 1. The molecule has 1 aromatic rings. The highest BCUT2D eigenvalue weighted by atomic mass is 35.5. The van der Waals surface area contributed by atoms with Gasteiger partial charge in [-0.15, -0.1) is 0 Å². The lowest BCUT2D eigenvalue weighted by Gasteiger charge is -2.34. The Labute approximate surface area is 130 Å². The molecule has 5 heteroatoms. The summed E-state index contributed by atoms with van der Waals surface area (Å²) in [5, 5.41) is 9.68. The van der Waals surface area contributed by atoms with E-state index < -0.39 is 0 Å². The minimum absolute atomic E-state index is 0.132. The number of nitrogens with zero attached hydrogens (tertiary/aromatic N) is 2. The first kappa shape index (κ1) is 14.8. The molecule has 2 atom stereocenters. The summed E-state index contributed by atoms with van der Waals surface area (Å²) in [4.78, 5) is 16.7. The standard InChI is InChI=1S/C16H21ClN2O2/c17-13-3-1-2-12(10-13)14-11-15(14)16(21)19-6-4-18(5-7-19)8-9-20/h1-3,10,14-15,20H,4-9,11H2/t14-,15-/m0/s1. The zero-order chi connectivity index (χ0) is 14.8. The molecule has 1 amide bonds. The molecule has 1 saturated heterocycles. The minimum Gasteiger partial charge on any atom is -0.395 e. The van der Waals surface area contributed by atoms with Crippen LogP contribution in [0.3, 0.4) is 0 Å². The molecule has 2 aliphatic rings. The van der Waals surface area contributed by atoms with Crippen LogP contribution in [0.5, 0.6) is 0 Å². The van der Waals surface area contributed by atoms with Crippen molar-refractivity contribution in [3.8, 4) is 0 Å². The van der Waals surface area contributed by atoms with Crippen molar-refractivity contribution in [3.05, 3.63) is 34.9 Å². The topological polar surface area (TPSA) is 43.8 Å². The molecule has 0 unspecified atom stereocenters. The molecule has 1 aliphatic carbocycles. The van der Waals surface area contributed by atoms with E-state index in [2.05, 4.69) is 11.0 Å². The molecule has 1 heterocycles. The molecule has 21 heavy (non-hydrogen) atoms.